The lowest BCUT2D eigenvalue weighted by Gasteiger charge is -2.07. The Morgan fingerprint density at radius 2 is 2.17 bits per heavy atom. The lowest BCUT2D eigenvalue weighted by Crippen LogP contribution is -2.17. The third-order valence-corrected chi connectivity index (χ3v) is 2.49. The molecule has 0 aliphatic rings. The molecule has 0 saturated heterocycles. The van der Waals surface area contributed by atoms with Gasteiger partial charge in [0.15, 0.2) is 0 Å². The minimum Gasteiger partial charge on any atom is -0.328 e. The van der Waals surface area contributed by atoms with Crippen LogP contribution in [0.1, 0.15) is 18.1 Å². The summed E-state index contributed by atoms with van der Waals surface area (Å²) in [5.41, 5.74) is 8.27. The lowest BCUT2D eigenvalue weighted by atomic mass is 10.1. The first-order valence-corrected chi connectivity index (χ1v) is 4.89. The Bertz CT molecular complexity index is 269. The molecule has 1 rings (SSSR count). The van der Waals surface area contributed by atoms with E-state index in [9.17, 15) is 0 Å². The van der Waals surface area contributed by atoms with E-state index in [2.05, 4.69) is 41.1 Å². The van der Waals surface area contributed by atoms with Crippen LogP contribution in [0.3, 0.4) is 0 Å². The molecule has 0 unspecified atom stereocenters. The van der Waals surface area contributed by atoms with Gasteiger partial charge in [0.25, 0.3) is 0 Å². The number of nitrogens with two attached hydrogens (primary N) is 1. The topological polar surface area (TPSA) is 26.0 Å². The fourth-order valence-electron chi connectivity index (χ4n) is 1.16. The van der Waals surface area contributed by atoms with Crippen molar-refractivity contribution in [2.45, 2.75) is 26.3 Å². The average Bonchev–Trinajstić information content (AvgIpc) is 1.94. The Kier molecular flexibility index (Phi) is 3.29. The Hall–Kier alpha value is -0.340. The van der Waals surface area contributed by atoms with E-state index in [4.69, 9.17) is 5.73 Å². The second-order valence-electron chi connectivity index (χ2n) is 3.28. The molecular formula is C10H14BrN. The molecule has 1 atom stereocenters. The highest BCUT2D eigenvalue weighted by molar-refractivity contribution is 9.10. The standard InChI is InChI=1S/C10H14BrN/c1-7-3-4-9(6-8(2)12)10(11)5-7/h3-5,8H,6,12H2,1-2H3/t8-/m1/s1. The van der Waals surface area contributed by atoms with Crippen LogP contribution in [0.4, 0.5) is 0 Å². The second kappa shape index (κ2) is 4.06. The lowest BCUT2D eigenvalue weighted by molar-refractivity contribution is 0.736. The molecular weight excluding hydrogens is 214 g/mol. The predicted molar refractivity (Wildman–Crippen MR) is 56.2 cm³/mol. The van der Waals surface area contributed by atoms with Crippen molar-refractivity contribution in [1.82, 2.24) is 0 Å². The molecule has 12 heavy (non-hydrogen) atoms. The van der Waals surface area contributed by atoms with E-state index in [0.29, 0.717) is 0 Å². The van der Waals surface area contributed by atoms with E-state index < -0.39 is 0 Å². The number of rotatable bonds is 2. The summed E-state index contributed by atoms with van der Waals surface area (Å²) in [5.74, 6) is 0. The number of aryl methyl sites for hydroxylation is 1. The zero-order valence-corrected chi connectivity index (χ0v) is 9.06. The van der Waals surface area contributed by atoms with Crippen molar-refractivity contribution < 1.29 is 0 Å². The van der Waals surface area contributed by atoms with Crippen molar-refractivity contribution in [2.75, 3.05) is 0 Å². The Morgan fingerprint density at radius 3 is 2.67 bits per heavy atom. The van der Waals surface area contributed by atoms with E-state index in [1.165, 1.54) is 15.6 Å². The maximum atomic E-state index is 5.71. The first-order chi connectivity index (χ1) is 5.59. The van der Waals surface area contributed by atoms with Crippen molar-refractivity contribution in [1.29, 1.82) is 0 Å². The Morgan fingerprint density at radius 1 is 1.50 bits per heavy atom. The molecule has 0 radical (unpaired) electrons. The second-order valence-corrected chi connectivity index (χ2v) is 4.13. The van der Waals surface area contributed by atoms with Crippen LogP contribution >= 0.6 is 15.9 Å². The van der Waals surface area contributed by atoms with Crippen LogP contribution in [0.15, 0.2) is 22.7 Å². The third kappa shape index (κ3) is 2.61. The number of benzene rings is 1. The summed E-state index contributed by atoms with van der Waals surface area (Å²) >= 11 is 3.52. The van der Waals surface area contributed by atoms with E-state index in [1.807, 2.05) is 6.92 Å². The largest absolute Gasteiger partial charge is 0.328 e. The molecule has 0 aromatic heterocycles. The zero-order valence-electron chi connectivity index (χ0n) is 7.47. The van der Waals surface area contributed by atoms with Gasteiger partial charge < -0.3 is 5.73 Å². The van der Waals surface area contributed by atoms with Gasteiger partial charge in [0, 0.05) is 10.5 Å². The van der Waals surface area contributed by atoms with Crippen LogP contribution in [-0.4, -0.2) is 6.04 Å². The number of hydrogen-bond donors (Lipinski definition) is 1. The number of hydrogen-bond acceptors (Lipinski definition) is 1. The molecule has 0 amide bonds. The summed E-state index contributed by atoms with van der Waals surface area (Å²) < 4.78 is 1.17. The summed E-state index contributed by atoms with van der Waals surface area (Å²) in [7, 11) is 0. The normalized spacial score (nSPS) is 13.0. The summed E-state index contributed by atoms with van der Waals surface area (Å²) in [6.07, 6.45) is 0.931. The first-order valence-electron chi connectivity index (χ1n) is 4.10. The Labute approximate surface area is 82.1 Å². The van der Waals surface area contributed by atoms with E-state index >= 15 is 0 Å². The molecule has 0 bridgehead atoms. The van der Waals surface area contributed by atoms with E-state index in [-0.39, 0.29) is 6.04 Å². The molecule has 0 spiro atoms. The molecule has 0 aliphatic heterocycles. The molecule has 0 heterocycles. The zero-order chi connectivity index (χ0) is 9.14. The molecule has 1 aromatic rings. The fourth-order valence-corrected chi connectivity index (χ4v) is 1.82. The maximum absolute atomic E-state index is 5.71. The third-order valence-electron chi connectivity index (χ3n) is 1.75. The molecule has 1 aromatic carbocycles. The van der Waals surface area contributed by atoms with Crippen LogP contribution in [0.5, 0.6) is 0 Å². The molecule has 2 N–H and O–H groups in total. The molecule has 2 heteroatoms. The van der Waals surface area contributed by atoms with Gasteiger partial charge in [-0.3, -0.25) is 0 Å². The average molecular weight is 228 g/mol. The van der Waals surface area contributed by atoms with Crippen molar-refractivity contribution in [3.05, 3.63) is 33.8 Å². The monoisotopic (exact) mass is 227 g/mol. The Balaban J connectivity index is 2.86. The van der Waals surface area contributed by atoms with Crippen molar-refractivity contribution in [3.63, 3.8) is 0 Å². The highest BCUT2D eigenvalue weighted by Gasteiger charge is 2.02. The van der Waals surface area contributed by atoms with Crippen LogP contribution < -0.4 is 5.73 Å². The van der Waals surface area contributed by atoms with Crippen LogP contribution in [0.25, 0.3) is 0 Å². The van der Waals surface area contributed by atoms with Gasteiger partial charge in [-0.05, 0) is 37.5 Å². The van der Waals surface area contributed by atoms with E-state index in [1.54, 1.807) is 0 Å². The smallest absolute Gasteiger partial charge is 0.0210 e. The summed E-state index contributed by atoms with van der Waals surface area (Å²) in [6.45, 7) is 4.10. The van der Waals surface area contributed by atoms with Crippen LogP contribution in [-0.2, 0) is 6.42 Å². The van der Waals surface area contributed by atoms with Gasteiger partial charge in [0.2, 0.25) is 0 Å². The maximum Gasteiger partial charge on any atom is 0.0210 e. The first kappa shape index (κ1) is 9.75. The van der Waals surface area contributed by atoms with Crippen molar-refractivity contribution in [3.8, 4) is 0 Å². The van der Waals surface area contributed by atoms with Gasteiger partial charge in [0.05, 0.1) is 0 Å². The quantitative estimate of drug-likeness (QED) is 0.827. The van der Waals surface area contributed by atoms with Gasteiger partial charge in [-0.15, -0.1) is 0 Å². The van der Waals surface area contributed by atoms with Gasteiger partial charge in [0.1, 0.15) is 0 Å². The van der Waals surface area contributed by atoms with Crippen molar-refractivity contribution in [2.24, 2.45) is 5.73 Å². The van der Waals surface area contributed by atoms with Crippen LogP contribution in [0, 0.1) is 6.92 Å². The van der Waals surface area contributed by atoms with Gasteiger partial charge in [-0.25, -0.2) is 0 Å². The highest BCUT2D eigenvalue weighted by Crippen LogP contribution is 2.19. The fraction of sp³-hybridized carbons (Fsp3) is 0.400. The predicted octanol–water partition coefficient (Wildman–Crippen LogP) is 2.65. The molecule has 66 valence electrons. The minimum atomic E-state index is 0.226. The molecule has 0 aliphatic carbocycles. The SMILES string of the molecule is Cc1ccc(C[C@@H](C)N)c(Br)c1. The molecule has 0 fully saturated rings. The van der Waals surface area contributed by atoms with Gasteiger partial charge in [-0.1, -0.05) is 28.1 Å². The van der Waals surface area contributed by atoms with Crippen LogP contribution in [0.2, 0.25) is 0 Å². The number of halogens is 1. The van der Waals surface area contributed by atoms with Gasteiger partial charge in [-0.2, -0.15) is 0 Å². The summed E-state index contributed by atoms with van der Waals surface area (Å²) in [6, 6.07) is 6.59. The summed E-state index contributed by atoms with van der Waals surface area (Å²) in [4.78, 5) is 0. The molecule has 0 saturated carbocycles. The van der Waals surface area contributed by atoms with E-state index in [0.717, 1.165) is 6.42 Å². The molecule has 1 nitrogen and oxygen atoms in total. The summed E-state index contributed by atoms with van der Waals surface area (Å²) in [5, 5.41) is 0. The van der Waals surface area contributed by atoms with Gasteiger partial charge >= 0.3 is 0 Å². The minimum absolute atomic E-state index is 0.226. The highest BCUT2D eigenvalue weighted by atomic mass is 79.9. The van der Waals surface area contributed by atoms with Crippen molar-refractivity contribution >= 4 is 15.9 Å².